The van der Waals surface area contributed by atoms with Crippen molar-refractivity contribution >= 4 is 0 Å². The minimum atomic E-state index is 0.264. The smallest absolute Gasteiger partial charge is 0.0584 e. The van der Waals surface area contributed by atoms with Gasteiger partial charge in [0.25, 0.3) is 0 Å². The van der Waals surface area contributed by atoms with Gasteiger partial charge in [-0.2, -0.15) is 0 Å². The summed E-state index contributed by atoms with van der Waals surface area (Å²) in [4.78, 5) is 4.77. The Balaban J connectivity index is 2.02. The second-order valence-corrected chi connectivity index (χ2v) is 4.41. The first kappa shape index (κ1) is 12.0. The van der Waals surface area contributed by atoms with Gasteiger partial charge in [0.2, 0.25) is 0 Å². The number of aliphatic hydroxyl groups is 1. The third-order valence-corrected chi connectivity index (χ3v) is 3.20. The standard InChI is InChI=1S/C11H24N2O/c1-11(10-14)12(2)6-5-9-13-7-3-4-8-13/h11,14H,3-10H2,1-2H3. The lowest BCUT2D eigenvalue weighted by molar-refractivity contribution is 0.153. The fourth-order valence-corrected chi connectivity index (χ4v) is 1.91. The van der Waals surface area contributed by atoms with E-state index in [4.69, 9.17) is 5.11 Å². The Kier molecular flexibility index (Phi) is 5.45. The average Bonchev–Trinajstić information content (AvgIpc) is 2.69. The van der Waals surface area contributed by atoms with Crippen molar-refractivity contribution in [3.8, 4) is 0 Å². The molecule has 14 heavy (non-hydrogen) atoms. The summed E-state index contributed by atoms with van der Waals surface area (Å²) in [6.45, 7) is 7.23. The van der Waals surface area contributed by atoms with Crippen LogP contribution in [0.15, 0.2) is 0 Å². The molecule has 1 heterocycles. The van der Waals surface area contributed by atoms with E-state index in [9.17, 15) is 0 Å². The normalized spacial score (nSPS) is 20.6. The number of nitrogens with zero attached hydrogens (tertiary/aromatic N) is 2. The van der Waals surface area contributed by atoms with E-state index in [0.29, 0.717) is 6.04 Å². The van der Waals surface area contributed by atoms with Crippen molar-refractivity contribution < 1.29 is 5.11 Å². The summed E-state index contributed by atoms with van der Waals surface area (Å²) < 4.78 is 0. The van der Waals surface area contributed by atoms with Gasteiger partial charge < -0.3 is 14.9 Å². The van der Waals surface area contributed by atoms with Gasteiger partial charge in [-0.15, -0.1) is 0 Å². The Labute approximate surface area is 87.7 Å². The quantitative estimate of drug-likeness (QED) is 0.686. The van der Waals surface area contributed by atoms with Crippen LogP contribution in [-0.2, 0) is 0 Å². The molecule has 3 heteroatoms. The van der Waals surface area contributed by atoms with E-state index >= 15 is 0 Å². The van der Waals surface area contributed by atoms with Crippen LogP contribution in [-0.4, -0.2) is 60.8 Å². The highest BCUT2D eigenvalue weighted by Crippen LogP contribution is 2.07. The number of hydrogen-bond donors (Lipinski definition) is 1. The van der Waals surface area contributed by atoms with Crippen molar-refractivity contribution in [2.24, 2.45) is 0 Å². The second-order valence-electron chi connectivity index (χ2n) is 4.41. The minimum Gasteiger partial charge on any atom is -0.395 e. The van der Waals surface area contributed by atoms with Crippen molar-refractivity contribution in [2.75, 3.05) is 39.8 Å². The van der Waals surface area contributed by atoms with Gasteiger partial charge in [0.05, 0.1) is 6.61 Å². The molecule has 1 saturated heterocycles. The van der Waals surface area contributed by atoms with E-state index in [2.05, 4.69) is 23.8 Å². The molecule has 0 aromatic rings. The lowest BCUT2D eigenvalue weighted by Gasteiger charge is -2.24. The first-order valence-electron chi connectivity index (χ1n) is 5.77. The molecule has 0 spiro atoms. The molecule has 0 aromatic heterocycles. The summed E-state index contributed by atoms with van der Waals surface area (Å²) in [5.74, 6) is 0. The maximum absolute atomic E-state index is 8.96. The number of hydrogen-bond acceptors (Lipinski definition) is 3. The SMILES string of the molecule is CC(CO)N(C)CCCN1CCCC1. The Morgan fingerprint density at radius 3 is 2.57 bits per heavy atom. The van der Waals surface area contributed by atoms with E-state index in [1.807, 2.05) is 0 Å². The van der Waals surface area contributed by atoms with Crippen LogP contribution in [0.5, 0.6) is 0 Å². The van der Waals surface area contributed by atoms with Crippen molar-refractivity contribution in [1.29, 1.82) is 0 Å². The summed E-state index contributed by atoms with van der Waals surface area (Å²) in [5.41, 5.74) is 0. The highest BCUT2D eigenvalue weighted by atomic mass is 16.3. The molecule has 3 nitrogen and oxygen atoms in total. The molecule has 1 unspecified atom stereocenters. The van der Waals surface area contributed by atoms with Crippen molar-refractivity contribution in [1.82, 2.24) is 9.80 Å². The molecule has 0 amide bonds. The maximum Gasteiger partial charge on any atom is 0.0584 e. The van der Waals surface area contributed by atoms with Crippen LogP contribution in [0.4, 0.5) is 0 Å². The Morgan fingerprint density at radius 2 is 2.00 bits per heavy atom. The lowest BCUT2D eigenvalue weighted by Crippen LogP contribution is -2.34. The summed E-state index contributed by atoms with van der Waals surface area (Å²) in [5, 5.41) is 8.96. The molecule has 1 N–H and O–H groups in total. The zero-order valence-electron chi connectivity index (χ0n) is 9.58. The van der Waals surface area contributed by atoms with Gasteiger partial charge in [-0.25, -0.2) is 0 Å². The lowest BCUT2D eigenvalue weighted by atomic mass is 10.3. The molecule has 1 fully saturated rings. The van der Waals surface area contributed by atoms with Crippen LogP contribution < -0.4 is 0 Å². The van der Waals surface area contributed by atoms with E-state index < -0.39 is 0 Å². The first-order chi connectivity index (χ1) is 6.74. The van der Waals surface area contributed by atoms with Gasteiger partial charge in [-0.3, -0.25) is 0 Å². The zero-order chi connectivity index (χ0) is 10.4. The third kappa shape index (κ3) is 3.95. The molecule has 84 valence electrons. The molecular weight excluding hydrogens is 176 g/mol. The highest BCUT2D eigenvalue weighted by Gasteiger charge is 2.12. The van der Waals surface area contributed by atoms with Gasteiger partial charge >= 0.3 is 0 Å². The van der Waals surface area contributed by atoms with E-state index in [1.165, 1.54) is 38.9 Å². The molecule has 1 aliphatic heterocycles. The molecule has 1 rings (SSSR count). The highest BCUT2D eigenvalue weighted by molar-refractivity contribution is 4.67. The van der Waals surface area contributed by atoms with Gasteiger partial charge in [-0.05, 0) is 59.4 Å². The fourth-order valence-electron chi connectivity index (χ4n) is 1.91. The molecule has 0 aromatic carbocycles. The fraction of sp³-hybridized carbons (Fsp3) is 1.00. The van der Waals surface area contributed by atoms with Crippen LogP contribution in [0, 0.1) is 0 Å². The number of likely N-dealkylation sites (N-methyl/N-ethyl adjacent to an activating group) is 1. The second kappa shape index (κ2) is 6.38. The topological polar surface area (TPSA) is 26.7 Å². The molecule has 1 atom stereocenters. The third-order valence-electron chi connectivity index (χ3n) is 3.20. The molecule has 1 aliphatic rings. The van der Waals surface area contributed by atoms with E-state index in [1.54, 1.807) is 0 Å². The average molecular weight is 200 g/mol. The van der Waals surface area contributed by atoms with Gasteiger partial charge in [0, 0.05) is 6.04 Å². The monoisotopic (exact) mass is 200 g/mol. The Hall–Kier alpha value is -0.120. The molecule has 0 radical (unpaired) electrons. The Morgan fingerprint density at radius 1 is 1.36 bits per heavy atom. The van der Waals surface area contributed by atoms with Crippen LogP contribution >= 0.6 is 0 Å². The van der Waals surface area contributed by atoms with Gasteiger partial charge in [0.1, 0.15) is 0 Å². The number of rotatable bonds is 6. The minimum absolute atomic E-state index is 0.264. The van der Waals surface area contributed by atoms with Crippen LogP contribution in [0.25, 0.3) is 0 Å². The molecule has 0 saturated carbocycles. The summed E-state index contributed by atoms with van der Waals surface area (Å²) in [6, 6.07) is 0.300. The van der Waals surface area contributed by atoms with Crippen molar-refractivity contribution in [3.63, 3.8) is 0 Å². The summed E-state index contributed by atoms with van der Waals surface area (Å²) in [6.07, 6.45) is 3.98. The van der Waals surface area contributed by atoms with E-state index in [0.717, 1.165) is 6.54 Å². The summed E-state index contributed by atoms with van der Waals surface area (Å²) >= 11 is 0. The van der Waals surface area contributed by atoms with Gasteiger partial charge in [0.15, 0.2) is 0 Å². The van der Waals surface area contributed by atoms with Crippen molar-refractivity contribution in [3.05, 3.63) is 0 Å². The Bertz CT molecular complexity index is 146. The zero-order valence-corrected chi connectivity index (χ0v) is 9.58. The molecular formula is C11H24N2O. The van der Waals surface area contributed by atoms with Crippen molar-refractivity contribution in [2.45, 2.75) is 32.2 Å². The largest absolute Gasteiger partial charge is 0.395 e. The van der Waals surface area contributed by atoms with Crippen LogP contribution in [0.1, 0.15) is 26.2 Å². The van der Waals surface area contributed by atoms with Crippen LogP contribution in [0.2, 0.25) is 0 Å². The molecule has 0 aliphatic carbocycles. The van der Waals surface area contributed by atoms with Crippen LogP contribution in [0.3, 0.4) is 0 Å². The molecule has 0 bridgehead atoms. The number of aliphatic hydroxyl groups excluding tert-OH is 1. The predicted octanol–water partition coefficient (Wildman–Crippen LogP) is 0.785. The predicted molar refractivity (Wildman–Crippen MR) is 59.5 cm³/mol. The van der Waals surface area contributed by atoms with E-state index in [-0.39, 0.29) is 6.61 Å². The first-order valence-corrected chi connectivity index (χ1v) is 5.77. The van der Waals surface area contributed by atoms with Gasteiger partial charge in [-0.1, -0.05) is 0 Å². The summed E-state index contributed by atoms with van der Waals surface area (Å²) in [7, 11) is 2.09. The number of likely N-dealkylation sites (tertiary alicyclic amines) is 1. The maximum atomic E-state index is 8.96.